The summed E-state index contributed by atoms with van der Waals surface area (Å²) in [5, 5.41) is 9.00. The second-order valence-electron chi connectivity index (χ2n) is 6.18. The molecule has 4 unspecified atom stereocenters. The summed E-state index contributed by atoms with van der Waals surface area (Å²) in [6, 6.07) is 6.08. The van der Waals surface area contributed by atoms with Crippen molar-refractivity contribution in [1.29, 1.82) is 0 Å². The minimum Gasteiger partial charge on any atom is -0.493 e. The van der Waals surface area contributed by atoms with Gasteiger partial charge in [0.25, 0.3) is 0 Å². The lowest BCUT2D eigenvalue weighted by Crippen LogP contribution is -2.19. The fourth-order valence-corrected chi connectivity index (χ4v) is 4.16. The number of hydrogen-bond acceptors (Lipinski definition) is 3. The molecule has 2 aliphatic carbocycles. The van der Waals surface area contributed by atoms with Crippen LogP contribution in [0.2, 0.25) is 0 Å². The number of fused-ring (bicyclic) bond motifs is 2. The van der Waals surface area contributed by atoms with Crippen LogP contribution >= 0.6 is 0 Å². The van der Waals surface area contributed by atoms with Gasteiger partial charge < -0.3 is 14.6 Å². The molecule has 0 saturated heterocycles. The lowest BCUT2D eigenvalue weighted by Gasteiger charge is -2.28. The number of aliphatic carboxylic acids is 1. The van der Waals surface area contributed by atoms with Crippen LogP contribution in [0.4, 0.5) is 0 Å². The molecule has 0 aromatic heterocycles. The van der Waals surface area contributed by atoms with E-state index in [-0.39, 0.29) is 6.42 Å². The van der Waals surface area contributed by atoms with Crippen LogP contribution in [0.1, 0.15) is 30.7 Å². The number of carboxylic acids is 1. The first kappa shape index (κ1) is 14.9. The van der Waals surface area contributed by atoms with Gasteiger partial charge in [-0.2, -0.15) is 0 Å². The molecule has 3 rings (SSSR count). The molecule has 0 spiro atoms. The van der Waals surface area contributed by atoms with Gasteiger partial charge in [0.1, 0.15) is 0 Å². The number of methoxy groups -OCH3 is 2. The second-order valence-corrected chi connectivity index (χ2v) is 6.18. The largest absolute Gasteiger partial charge is 0.493 e. The molecule has 4 nitrogen and oxygen atoms in total. The summed E-state index contributed by atoms with van der Waals surface area (Å²) in [7, 11) is 3.28. The zero-order valence-electron chi connectivity index (χ0n) is 13.0. The zero-order valence-corrected chi connectivity index (χ0v) is 13.0. The van der Waals surface area contributed by atoms with E-state index >= 15 is 0 Å². The Kier molecular flexibility index (Phi) is 4.10. The van der Waals surface area contributed by atoms with Gasteiger partial charge in [-0.3, -0.25) is 4.79 Å². The van der Waals surface area contributed by atoms with Crippen molar-refractivity contribution in [3.8, 4) is 11.5 Å². The van der Waals surface area contributed by atoms with Gasteiger partial charge in [0.05, 0.1) is 14.2 Å². The normalized spacial score (nSPS) is 28.8. The van der Waals surface area contributed by atoms with Gasteiger partial charge in [-0.05, 0) is 54.2 Å². The Balaban J connectivity index is 1.88. The summed E-state index contributed by atoms with van der Waals surface area (Å²) in [6.45, 7) is 0. The van der Waals surface area contributed by atoms with Gasteiger partial charge in [0.2, 0.25) is 0 Å². The van der Waals surface area contributed by atoms with E-state index in [2.05, 4.69) is 18.2 Å². The molecule has 4 atom stereocenters. The topological polar surface area (TPSA) is 55.8 Å². The summed E-state index contributed by atoms with van der Waals surface area (Å²) >= 11 is 0. The lowest BCUT2D eigenvalue weighted by molar-refractivity contribution is -0.137. The van der Waals surface area contributed by atoms with Gasteiger partial charge >= 0.3 is 5.97 Å². The first-order chi connectivity index (χ1) is 10.6. The van der Waals surface area contributed by atoms with Crippen molar-refractivity contribution >= 4 is 5.97 Å². The van der Waals surface area contributed by atoms with E-state index < -0.39 is 5.97 Å². The fourth-order valence-electron chi connectivity index (χ4n) is 4.16. The monoisotopic (exact) mass is 302 g/mol. The quantitative estimate of drug-likeness (QED) is 0.817. The van der Waals surface area contributed by atoms with Crippen LogP contribution in [-0.2, 0) is 4.79 Å². The van der Waals surface area contributed by atoms with Crippen LogP contribution in [0.5, 0.6) is 11.5 Å². The van der Waals surface area contributed by atoms with Crippen molar-refractivity contribution in [1.82, 2.24) is 0 Å². The van der Waals surface area contributed by atoms with E-state index in [9.17, 15) is 4.79 Å². The average Bonchev–Trinajstić information content (AvgIpc) is 3.13. The predicted molar refractivity (Wildman–Crippen MR) is 83.4 cm³/mol. The van der Waals surface area contributed by atoms with Crippen molar-refractivity contribution in [2.24, 2.45) is 17.8 Å². The van der Waals surface area contributed by atoms with E-state index in [4.69, 9.17) is 14.6 Å². The Hall–Kier alpha value is -1.97. The van der Waals surface area contributed by atoms with Crippen molar-refractivity contribution in [3.63, 3.8) is 0 Å². The highest BCUT2D eigenvalue weighted by Gasteiger charge is 2.44. The van der Waals surface area contributed by atoms with E-state index in [1.807, 2.05) is 12.1 Å². The summed E-state index contributed by atoms with van der Waals surface area (Å²) < 4.78 is 10.7. The van der Waals surface area contributed by atoms with E-state index in [0.717, 1.165) is 24.3 Å². The molecular weight excluding hydrogens is 280 g/mol. The number of allylic oxidation sites excluding steroid dienone is 2. The van der Waals surface area contributed by atoms with Crippen LogP contribution in [0.3, 0.4) is 0 Å². The van der Waals surface area contributed by atoms with Crippen LogP contribution in [-0.4, -0.2) is 25.3 Å². The number of carboxylic acid groups (broad SMARTS) is 1. The lowest BCUT2D eigenvalue weighted by atomic mass is 9.76. The molecule has 1 N–H and O–H groups in total. The number of rotatable bonds is 6. The van der Waals surface area contributed by atoms with Crippen LogP contribution in [0.25, 0.3) is 0 Å². The molecule has 1 aromatic rings. The van der Waals surface area contributed by atoms with Crippen molar-refractivity contribution in [2.45, 2.75) is 25.2 Å². The van der Waals surface area contributed by atoms with Crippen molar-refractivity contribution < 1.29 is 19.4 Å². The molecule has 0 radical (unpaired) electrons. The Morgan fingerprint density at radius 2 is 1.91 bits per heavy atom. The third-order valence-corrected chi connectivity index (χ3v) is 5.11. The Morgan fingerprint density at radius 1 is 1.18 bits per heavy atom. The SMILES string of the molecule is COc1ccc(C2C3C=CC(C3)C2CCC(=O)O)cc1OC. The van der Waals surface area contributed by atoms with Gasteiger partial charge in [0.15, 0.2) is 11.5 Å². The summed E-state index contributed by atoms with van der Waals surface area (Å²) in [4.78, 5) is 10.9. The highest BCUT2D eigenvalue weighted by Crippen LogP contribution is 2.55. The summed E-state index contributed by atoms with van der Waals surface area (Å²) in [5.41, 5.74) is 1.23. The average molecular weight is 302 g/mol. The minimum absolute atomic E-state index is 0.242. The first-order valence-electron chi connectivity index (χ1n) is 7.76. The summed E-state index contributed by atoms with van der Waals surface area (Å²) in [5.74, 6) is 2.58. The molecule has 1 fully saturated rings. The number of ether oxygens (including phenoxy) is 2. The smallest absolute Gasteiger partial charge is 0.303 e. The molecule has 4 heteroatoms. The number of hydrogen-bond donors (Lipinski definition) is 1. The van der Waals surface area contributed by atoms with Gasteiger partial charge in [-0.25, -0.2) is 0 Å². The molecule has 118 valence electrons. The maximum absolute atomic E-state index is 10.9. The van der Waals surface area contributed by atoms with E-state index in [1.165, 1.54) is 5.56 Å². The van der Waals surface area contributed by atoms with Gasteiger partial charge in [-0.1, -0.05) is 18.2 Å². The number of carbonyl (C=O) groups is 1. The first-order valence-corrected chi connectivity index (χ1v) is 7.76. The Labute approximate surface area is 130 Å². The van der Waals surface area contributed by atoms with E-state index in [0.29, 0.717) is 23.7 Å². The van der Waals surface area contributed by atoms with Crippen molar-refractivity contribution in [3.05, 3.63) is 35.9 Å². The highest BCUT2D eigenvalue weighted by atomic mass is 16.5. The Bertz CT molecular complexity index is 593. The third kappa shape index (κ3) is 2.58. The second kappa shape index (κ2) is 6.03. The predicted octanol–water partition coefficient (Wildman–Crippen LogP) is 3.47. The molecular formula is C18H22O4. The van der Waals surface area contributed by atoms with Crippen LogP contribution < -0.4 is 9.47 Å². The molecule has 1 saturated carbocycles. The minimum atomic E-state index is -0.710. The van der Waals surface area contributed by atoms with Crippen LogP contribution in [0, 0.1) is 17.8 Å². The molecule has 0 aliphatic heterocycles. The molecule has 0 amide bonds. The van der Waals surface area contributed by atoms with Crippen LogP contribution in [0.15, 0.2) is 30.4 Å². The van der Waals surface area contributed by atoms with Crippen molar-refractivity contribution in [2.75, 3.05) is 14.2 Å². The van der Waals surface area contributed by atoms with Gasteiger partial charge in [-0.15, -0.1) is 0 Å². The molecule has 2 aliphatic rings. The maximum Gasteiger partial charge on any atom is 0.303 e. The highest BCUT2D eigenvalue weighted by molar-refractivity contribution is 5.66. The molecule has 1 aromatic carbocycles. The third-order valence-electron chi connectivity index (χ3n) is 5.11. The fraction of sp³-hybridized carbons (Fsp3) is 0.500. The van der Waals surface area contributed by atoms with E-state index in [1.54, 1.807) is 14.2 Å². The summed E-state index contributed by atoms with van der Waals surface area (Å²) in [6.07, 6.45) is 6.69. The standard InChI is InChI=1S/C18H22O4/c1-21-15-7-5-13(10-16(15)22-2)18-12-4-3-11(9-12)14(18)6-8-17(19)20/h3-5,7,10-12,14,18H,6,8-9H2,1-2H3,(H,19,20). The zero-order chi connectivity index (χ0) is 15.7. The van der Waals surface area contributed by atoms with Gasteiger partial charge in [0, 0.05) is 6.42 Å². The Morgan fingerprint density at radius 3 is 2.59 bits per heavy atom. The molecule has 22 heavy (non-hydrogen) atoms. The number of benzene rings is 1. The maximum atomic E-state index is 10.9. The molecule has 2 bridgehead atoms. The molecule has 0 heterocycles.